The van der Waals surface area contributed by atoms with Crippen LogP contribution in [0.5, 0.6) is 0 Å². The number of halogens is 1. The van der Waals surface area contributed by atoms with E-state index < -0.39 is 6.04 Å². The molecule has 19 heavy (non-hydrogen) atoms. The molecule has 0 aliphatic carbocycles. The number of amides is 1. The molecular weight excluding hydrogens is 264 g/mol. The lowest BCUT2D eigenvalue weighted by atomic mass is 10.1. The first-order valence-electron chi connectivity index (χ1n) is 5.79. The van der Waals surface area contributed by atoms with Crippen LogP contribution >= 0.6 is 11.6 Å². The summed E-state index contributed by atoms with van der Waals surface area (Å²) < 4.78 is 0. The Morgan fingerprint density at radius 1 is 1.26 bits per heavy atom. The molecule has 98 valence electrons. The second-order valence-electron chi connectivity index (χ2n) is 3.99. The molecule has 2 N–H and O–H groups in total. The second-order valence-corrected chi connectivity index (χ2v) is 4.38. The van der Waals surface area contributed by atoms with E-state index in [9.17, 15) is 9.90 Å². The Labute approximate surface area is 116 Å². The predicted octanol–water partition coefficient (Wildman–Crippen LogP) is 2.20. The summed E-state index contributed by atoms with van der Waals surface area (Å²) >= 11 is 5.66. The maximum absolute atomic E-state index is 12.0. The van der Waals surface area contributed by atoms with E-state index in [2.05, 4.69) is 10.3 Å². The lowest BCUT2D eigenvalue weighted by Crippen LogP contribution is -2.30. The topological polar surface area (TPSA) is 62.2 Å². The van der Waals surface area contributed by atoms with Crippen molar-refractivity contribution in [2.75, 3.05) is 6.61 Å². The Morgan fingerprint density at radius 2 is 2.00 bits per heavy atom. The number of benzene rings is 1. The molecule has 1 heterocycles. The first-order chi connectivity index (χ1) is 9.20. The van der Waals surface area contributed by atoms with Crippen molar-refractivity contribution in [3.05, 3.63) is 64.9 Å². The van der Waals surface area contributed by atoms with Crippen LogP contribution in [0.15, 0.2) is 48.7 Å². The van der Waals surface area contributed by atoms with E-state index >= 15 is 0 Å². The van der Waals surface area contributed by atoms with E-state index in [1.54, 1.807) is 12.1 Å². The number of pyridine rings is 1. The Hall–Kier alpha value is -1.91. The highest BCUT2D eigenvalue weighted by Gasteiger charge is 2.14. The minimum Gasteiger partial charge on any atom is -0.394 e. The van der Waals surface area contributed by atoms with E-state index in [0.717, 1.165) is 5.56 Å². The Morgan fingerprint density at radius 3 is 2.58 bits per heavy atom. The van der Waals surface area contributed by atoms with Crippen LogP contribution in [0.4, 0.5) is 0 Å². The van der Waals surface area contributed by atoms with Crippen LogP contribution < -0.4 is 5.32 Å². The number of nitrogens with zero attached hydrogens (tertiary/aromatic N) is 1. The molecule has 1 amide bonds. The number of hydrogen-bond donors (Lipinski definition) is 2. The summed E-state index contributed by atoms with van der Waals surface area (Å²) in [7, 11) is 0. The van der Waals surface area contributed by atoms with E-state index in [-0.39, 0.29) is 12.5 Å². The summed E-state index contributed by atoms with van der Waals surface area (Å²) in [4.78, 5) is 15.8. The molecule has 1 aromatic carbocycles. The van der Waals surface area contributed by atoms with Gasteiger partial charge in [-0.2, -0.15) is 0 Å². The van der Waals surface area contributed by atoms with Gasteiger partial charge in [0.05, 0.1) is 18.2 Å². The molecule has 0 fully saturated rings. The van der Waals surface area contributed by atoms with E-state index in [0.29, 0.717) is 10.7 Å². The molecule has 1 unspecified atom stereocenters. The first-order valence-corrected chi connectivity index (χ1v) is 6.16. The number of carbonyl (C=O) groups is 1. The molecule has 1 aromatic heterocycles. The number of aliphatic hydroxyl groups excluding tert-OH is 1. The maximum atomic E-state index is 12.0. The lowest BCUT2D eigenvalue weighted by Gasteiger charge is -2.16. The van der Waals surface area contributed by atoms with Crippen molar-refractivity contribution >= 4 is 17.5 Å². The smallest absolute Gasteiger partial charge is 0.253 e. The fourth-order valence-electron chi connectivity index (χ4n) is 1.67. The summed E-state index contributed by atoms with van der Waals surface area (Å²) in [5.74, 6) is -0.299. The van der Waals surface area contributed by atoms with Crippen molar-refractivity contribution in [1.82, 2.24) is 10.3 Å². The molecule has 0 saturated heterocycles. The minimum absolute atomic E-state index is 0.170. The van der Waals surface area contributed by atoms with Crippen molar-refractivity contribution in [1.29, 1.82) is 0 Å². The number of aromatic nitrogens is 1. The number of aliphatic hydroxyl groups is 1. The maximum Gasteiger partial charge on any atom is 0.253 e. The molecule has 0 saturated carbocycles. The number of nitrogens with one attached hydrogen (secondary N) is 1. The summed E-state index contributed by atoms with van der Waals surface area (Å²) in [6, 6.07) is 12.0. The van der Waals surface area contributed by atoms with Crippen molar-refractivity contribution in [3.63, 3.8) is 0 Å². The summed E-state index contributed by atoms with van der Waals surface area (Å²) in [6.45, 7) is -0.170. The highest BCUT2D eigenvalue weighted by atomic mass is 35.5. The van der Waals surface area contributed by atoms with Gasteiger partial charge in [-0.05, 0) is 17.7 Å². The molecule has 0 aliphatic heterocycles. The summed E-state index contributed by atoms with van der Waals surface area (Å²) in [6.07, 6.45) is 1.40. The molecule has 0 bridgehead atoms. The zero-order valence-electron chi connectivity index (χ0n) is 10.1. The summed E-state index contributed by atoms with van der Waals surface area (Å²) in [5, 5.41) is 12.4. The normalized spacial score (nSPS) is 11.9. The van der Waals surface area contributed by atoms with E-state index in [1.807, 2.05) is 30.3 Å². The molecular formula is C14H13ClN2O2. The highest BCUT2D eigenvalue weighted by molar-refractivity contribution is 6.29. The predicted molar refractivity (Wildman–Crippen MR) is 73.0 cm³/mol. The van der Waals surface area contributed by atoms with Crippen molar-refractivity contribution in [2.24, 2.45) is 0 Å². The van der Waals surface area contributed by atoms with Crippen LogP contribution in [0, 0.1) is 0 Å². The highest BCUT2D eigenvalue weighted by Crippen LogP contribution is 2.13. The Balaban J connectivity index is 2.10. The second kappa shape index (κ2) is 6.31. The Kier molecular flexibility index (Phi) is 4.49. The average Bonchev–Trinajstić information content (AvgIpc) is 2.46. The van der Waals surface area contributed by atoms with Gasteiger partial charge in [-0.15, -0.1) is 0 Å². The quantitative estimate of drug-likeness (QED) is 0.842. The van der Waals surface area contributed by atoms with Crippen LogP contribution in [-0.2, 0) is 0 Å². The molecule has 0 radical (unpaired) electrons. The number of hydrogen-bond acceptors (Lipinski definition) is 3. The molecule has 2 rings (SSSR count). The zero-order valence-corrected chi connectivity index (χ0v) is 10.8. The first kappa shape index (κ1) is 13.5. The van der Waals surface area contributed by atoms with Gasteiger partial charge in [-0.25, -0.2) is 4.98 Å². The number of rotatable bonds is 4. The molecule has 0 aliphatic rings. The van der Waals surface area contributed by atoms with Gasteiger partial charge < -0.3 is 10.4 Å². The fourth-order valence-corrected chi connectivity index (χ4v) is 1.78. The van der Waals surface area contributed by atoms with E-state index in [4.69, 9.17) is 11.6 Å². The third-order valence-corrected chi connectivity index (χ3v) is 2.90. The largest absolute Gasteiger partial charge is 0.394 e. The van der Waals surface area contributed by atoms with Crippen LogP contribution in [0.1, 0.15) is 22.0 Å². The zero-order chi connectivity index (χ0) is 13.7. The third kappa shape index (κ3) is 3.53. The van der Waals surface area contributed by atoms with Gasteiger partial charge in [-0.3, -0.25) is 4.79 Å². The van der Waals surface area contributed by atoms with Crippen LogP contribution in [-0.4, -0.2) is 22.6 Å². The van der Waals surface area contributed by atoms with Crippen LogP contribution in [0.3, 0.4) is 0 Å². The molecule has 1 atom stereocenters. The van der Waals surface area contributed by atoms with Crippen molar-refractivity contribution in [3.8, 4) is 0 Å². The van der Waals surface area contributed by atoms with Gasteiger partial charge in [0, 0.05) is 6.20 Å². The fraction of sp³-hybridized carbons (Fsp3) is 0.143. The average molecular weight is 277 g/mol. The monoisotopic (exact) mass is 276 g/mol. The molecule has 4 nitrogen and oxygen atoms in total. The minimum atomic E-state index is -0.440. The SMILES string of the molecule is O=C(NC(CO)c1ccccc1)c1ccc(Cl)nc1. The number of carbonyl (C=O) groups excluding carboxylic acids is 1. The third-order valence-electron chi connectivity index (χ3n) is 2.68. The van der Waals surface area contributed by atoms with Crippen LogP contribution in [0.2, 0.25) is 5.15 Å². The van der Waals surface area contributed by atoms with Gasteiger partial charge in [-0.1, -0.05) is 41.9 Å². The van der Waals surface area contributed by atoms with Crippen molar-refractivity contribution < 1.29 is 9.90 Å². The summed E-state index contributed by atoms with van der Waals surface area (Å²) in [5.41, 5.74) is 1.25. The molecule has 0 spiro atoms. The Bertz CT molecular complexity index is 543. The molecule has 2 aromatic rings. The van der Waals surface area contributed by atoms with E-state index in [1.165, 1.54) is 6.20 Å². The van der Waals surface area contributed by atoms with Gasteiger partial charge in [0.1, 0.15) is 5.15 Å². The van der Waals surface area contributed by atoms with Crippen molar-refractivity contribution in [2.45, 2.75) is 6.04 Å². The van der Waals surface area contributed by atoms with Gasteiger partial charge in [0.15, 0.2) is 0 Å². The lowest BCUT2D eigenvalue weighted by molar-refractivity contribution is 0.0916. The van der Waals surface area contributed by atoms with Crippen LogP contribution in [0.25, 0.3) is 0 Å². The van der Waals surface area contributed by atoms with Gasteiger partial charge >= 0.3 is 0 Å². The van der Waals surface area contributed by atoms with Gasteiger partial charge in [0.25, 0.3) is 5.91 Å². The van der Waals surface area contributed by atoms with Gasteiger partial charge in [0.2, 0.25) is 0 Å². The standard InChI is InChI=1S/C14H13ClN2O2/c15-13-7-6-11(8-16-13)14(19)17-12(9-18)10-4-2-1-3-5-10/h1-8,12,18H,9H2,(H,17,19). The molecule has 5 heteroatoms.